The molecule has 2 aliphatic rings. The highest BCUT2D eigenvalue weighted by Gasteiger charge is 2.41. The second-order valence-electron chi connectivity index (χ2n) is 7.97. The van der Waals surface area contributed by atoms with Gasteiger partial charge in [0.05, 0.1) is 6.04 Å². The van der Waals surface area contributed by atoms with Crippen molar-refractivity contribution >= 4 is 16.1 Å². The number of alkyl halides is 1. The molecule has 9 heteroatoms. The van der Waals surface area contributed by atoms with Gasteiger partial charge >= 0.3 is 6.03 Å². The Hall–Kier alpha value is -2.52. The number of hydrogen-bond acceptors (Lipinski definition) is 3. The lowest BCUT2D eigenvalue weighted by molar-refractivity contribution is 0.120. The van der Waals surface area contributed by atoms with Crippen molar-refractivity contribution in [3.63, 3.8) is 0 Å². The molecule has 31 heavy (non-hydrogen) atoms. The number of carbonyl (C=O) groups excluding carboxylic acids is 1. The van der Waals surface area contributed by atoms with Crippen LogP contribution in [0.4, 0.5) is 13.6 Å². The maximum Gasteiger partial charge on any atom is 0.320 e. The molecule has 0 aromatic heterocycles. The summed E-state index contributed by atoms with van der Waals surface area (Å²) in [4.78, 5) is 16.2. The fraction of sp³-hybridized carbons (Fsp3) is 0.409. The average molecular weight is 450 g/mol. The third kappa shape index (κ3) is 4.57. The molecule has 0 spiro atoms. The minimum Gasteiger partial charge on any atom is -0.325 e. The topological polar surface area (TPSA) is 69.7 Å². The van der Waals surface area contributed by atoms with E-state index in [1.165, 1.54) is 0 Å². The molecule has 0 bridgehead atoms. The number of urea groups is 1. The van der Waals surface area contributed by atoms with E-state index in [0.717, 1.165) is 12.0 Å². The zero-order chi connectivity index (χ0) is 22.0. The molecule has 2 amide bonds. The minimum absolute atomic E-state index is 0.131. The molecule has 2 fully saturated rings. The largest absolute Gasteiger partial charge is 0.325 e. The van der Waals surface area contributed by atoms with Gasteiger partial charge in [-0.15, -0.1) is 0 Å². The van der Waals surface area contributed by atoms with E-state index in [1.807, 2.05) is 30.3 Å². The van der Waals surface area contributed by atoms with E-state index >= 15 is 4.39 Å². The normalized spacial score (nSPS) is 21.2. The van der Waals surface area contributed by atoms with Crippen molar-refractivity contribution in [3.05, 3.63) is 59.9 Å². The van der Waals surface area contributed by atoms with Gasteiger partial charge in [-0.3, -0.25) is 0 Å². The summed E-state index contributed by atoms with van der Waals surface area (Å²) < 4.78 is 54.4. The van der Waals surface area contributed by atoms with Crippen LogP contribution < -0.4 is 4.72 Å². The molecule has 2 aromatic carbocycles. The van der Waals surface area contributed by atoms with Crippen molar-refractivity contribution in [2.45, 2.75) is 31.3 Å². The summed E-state index contributed by atoms with van der Waals surface area (Å²) in [7, 11) is -4.11. The molecule has 2 saturated heterocycles. The van der Waals surface area contributed by atoms with E-state index < -0.39 is 33.9 Å². The maximum atomic E-state index is 15.4. The fourth-order valence-electron chi connectivity index (χ4n) is 4.24. The molecule has 0 aliphatic carbocycles. The molecule has 4 rings (SSSR count). The predicted molar refractivity (Wildman–Crippen MR) is 114 cm³/mol. The van der Waals surface area contributed by atoms with Gasteiger partial charge in [0.2, 0.25) is 16.0 Å². The summed E-state index contributed by atoms with van der Waals surface area (Å²) in [6, 6.07) is 11.2. The number of amides is 2. The van der Waals surface area contributed by atoms with Crippen molar-refractivity contribution < 1.29 is 22.0 Å². The Labute approximate surface area is 180 Å². The Morgan fingerprint density at radius 1 is 1.06 bits per heavy atom. The third-order valence-electron chi connectivity index (χ3n) is 5.99. The van der Waals surface area contributed by atoms with Crippen LogP contribution in [0, 0.1) is 5.82 Å². The van der Waals surface area contributed by atoms with Gasteiger partial charge in [-0.2, -0.15) is 0 Å². The number of benzene rings is 2. The average Bonchev–Trinajstić information content (AvgIpc) is 3.10. The van der Waals surface area contributed by atoms with Crippen molar-refractivity contribution in [2.24, 2.45) is 0 Å². The van der Waals surface area contributed by atoms with E-state index in [9.17, 15) is 17.6 Å². The van der Waals surface area contributed by atoms with Crippen LogP contribution in [-0.4, -0.2) is 62.0 Å². The lowest BCUT2D eigenvalue weighted by Gasteiger charge is -2.37. The molecule has 2 heterocycles. The van der Waals surface area contributed by atoms with E-state index in [4.69, 9.17) is 0 Å². The van der Waals surface area contributed by atoms with Crippen molar-refractivity contribution in [2.75, 3.05) is 25.6 Å². The van der Waals surface area contributed by atoms with Crippen LogP contribution in [0.2, 0.25) is 0 Å². The first-order valence-corrected chi connectivity index (χ1v) is 12.0. The van der Waals surface area contributed by atoms with Crippen LogP contribution in [0.1, 0.15) is 18.4 Å². The van der Waals surface area contributed by atoms with Gasteiger partial charge in [0, 0.05) is 31.2 Å². The number of likely N-dealkylation sites (tertiary alicyclic amines) is 2. The zero-order valence-corrected chi connectivity index (χ0v) is 17.8. The monoisotopic (exact) mass is 449 g/mol. The van der Waals surface area contributed by atoms with Crippen LogP contribution in [0.3, 0.4) is 0 Å². The third-order valence-corrected chi connectivity index (χ3v) is 6.93. The summed E-state index contributed by atoms with van der Waals surface area (Å²) in [5.41, 5.74) is 1.56. The molecule has 2 aliphatic heterocycles. The smallest absolute Gasteiger partial charge is 0.320 e. The quantitative estimate of drug-likeness (QED) is 0.737. The van der Waals surface area contributed by atoms with E-state index in [-0.39, 0.29) is 12.5 Å². The molecule has 2 atom stereocenters. The Bertz CT molecular complexity index is 1050. The SMILES string of the molecule is O=C(N1CCC1)N1CCC(NS(=O)(=O)CF)[C@@H]1Cc1cccc(-c2ccccc2)c1F. The first kappa shape index (κ1) is 21.7. The van der Waals surface area contributed by atoms with Gasteiger partial charge in [-0.05, 0) is 30.4 Å². The summed E-state index contributed by atoms with van der Waals surface area (Å²) >= 11 is 0. The van der Waals surface area contributed by atoms with Crippen molar-refractivity contribution in [1.82, 2.24) is 14.5 Å². The highest BCUT2D eigenvalue weighted by Crippen LogP contribution is 2.30. The van der Waals surface area contributed by atoms with E-state index in [2.05, 4.69) is 4.72 Å². The first-order valence-electron chi connectivity index (χ1n) is 10.3. The maximum absolute atomic E-state index is 15.4. The van der Waals surface area contributed by atoms with Crippen molar-refractivity contribution in [3.8, 4) is 11.1 Å². The first-order chi connectivity index (χ1) is 14.9. The van der Waals surface area contributed by atoms with Gasteiger partial charge in [-0.1, -0.05) is 48.5 Å². The Morgan fingerprint density at radius 3 is 2.45 bits per heavy atom. The number of carbonyl (C=O) groups is 1. The van der Waals surface area contributed by atoms with E-state index in [0.29, 0.717) is 37.2 Å². The Balaban J connectivity index is 1.64. The van der Waals surface area contributed by atoms with Gasteiger partial charge < -0.3 is 9.80 Å². The Kier molecular flexibility index (Phi) is 6.24. The standard InChI is InChI=1S/C22H25F2N3O3S/c23-15-31(29,30)25-19-10-13-27(22(28)26-11-5-12-26)20(19)14-17-8-4-9-18(21(17)24)16-6-2-1-3-7-16/h1-4,6-9,19-20,25H,5,10-15H2/t19?,20-/m0/s1. The summed E-state index contributed by atoms with van der Waals surface area (Å²) in [5.74, 6) is -0.399. The lowest BCUT2D eigenvalue weighted by atomic mass is 9.96. The Morgan fingerprint density at radius 2 is 1.81 bits per heavy atom. The minimum atomic E-state index is -4.11. The zero-order valence-electron chi connectivity index (χ0n) is 17.0. The number of nitrogens with zero attached hydrogens (tertiary/aromatic N) is 2. The second-order valence-corrected chi connectivity index (χ2v) is 9.65. The van der Waals surface area contributed by atoms with Crippen LogP contribution in [0.25, 0.3) is 11.1 Å². The molecule has 0 radical (unpaired) electrons. The van der Waals surface area contributed by atoms with Gasteiger partial charge in [0.15, 0.2) is 0 Å². The lowest BCUT2D eigenvalue weighted by Crippen LogP contribution is -2.54. The molecule has 1 N–H and O–H groups in total. The van der Waals surface area contributed by atoms with Crippen molar-refractivity contribution in [1.29, 1.82) is 0 Å². The molecule has 1 unspecified atom stereocenters. The fourth-order valence-corrected chi connectivity index (χ4v) is 5.03. The van der Waals surface area contributed by atoms with Crippen LogP contribution >= 0.6 is 0 Å². The highest BCUT2D eigenvalue weighted by atomic mass is 32.2. The number of hydrogen-bond donors (Lipinski definition) is 1. The molecular formula is C22H25F2N3O3S. The number of sulfonamides is 1. The van der Waals surface area contributed by atoms with Crippen LogP contribution in [0.5, 0.6) is 0 Å². The molecular weight excluding hydrogens is 424 g/mol. The number of halogens is 2. The summed E-state index contributed by atoms with van der Waals surface area (Å²) in [6.45, 7) is 1.64. The molecule has 0 saturated carbocycles. The number of rotatable bonds is 6. The van der Waals surface area contributed by atoms with Gasteiger partial charge in [-0.25, -0.2) is 26.7 Å². The molecule has 2 aromatic rings. The predicted octanol–water partition coefficient (Wildman–Crippen LogP) is 3.15. The van der Waals surface area contributed by atoms with Crippen LogP contribution in [0.15, 0.2) is 48.5 Å². The summed E-state index contributed by atoms with van der Waals surface area (Å²) in [6.07, 6.45) is 1.41. The van der Waals surface area contributed by atoms with Crippen LogP contribution in [-0.2, 0) is 16.4 Å². The van der Waals surface area contributed by atoms with Gasteiger partial charge in [0.1, 0.15) is 5.82 Å². The van der Waals surface area contributed by atoms with Gasteiger partial charge in [0.25, 0.3) is 0 Å². The molecule has 166 valence electrons. The summed E-state index contributed by atoms with van der Waals surface area (Å²) in [5, 5.41) is 0. The van der Waals surface area contributed by atoms with E-state index in [1.54, 1.807) is 28.0 Å². The number of nitrogens with one attached hydrogen (secondary N) is 1. The highest BCUT2D eigenvalue weighted by molar-refractivity contribution is 7.89. The second kappa shape index (κ2) is 8.92. The molecule has 6 nitrogen and oxygen atoms in total.